The van der Waals surface area contributed by atoms with Crippen molar-refractivity contribution in [2.75, 3.05) is 12.9 Å². The number of benzene rings is 1. The van der Waals surface area contributed by atoms with Crippen LogP contribution in [0.1, 0.15) is 20.3 Å². The van der Waals surface area contributed by atoms with Crippen molar-refractivity contribution in [2.24, 2.45) is 0 Å². The van der Waals surface area contributed by atoms with Crippen LogP contribution in [0.2, 0.25) is 0 Å². The number of esters is 1. The van der Waals surface area contributed by atoms with Crippen LogP contribution in [0.25, 0.3) is 0 Å². The minimum Gasteiger partial charge on any atom is -0.468 e. The maximum atomic E-state index is 13.4. The molecule has 0 saturated carbocycles. The molecule has 0 amide bonds. The van der Waals surface area contributed by atoms with Gasteiger partial charge in [-0.05, 0) is 18.6 Å². The van der Waals surface area contributed by atoms with Crippen LogP contribution in [0.3, 0.4) is 0 Å². The van der Waals surface area contributed by atoms with E-state index in [4.69, 9.17) is 4.74 Å². The van der Waals surface area contributed by atoms with Crippen LogP contribution in [-0.2, 0) is 9.53 Å². The Labute approximate surface area is 117 Å². The van der Waals surface area contributed by atoms with E-state index in [0.29, 0.717) is 17.1 Å². The largest absolute Gasteiger partial charge is 0.468 e. The van der Waals surface area contributed by atoms with E-state index in [0.717, 1.165) is 0 Å². The van der Waals surface area contributed by atoms with Gasteiger partial charge in [-0.3, -0.25) is 4.79 Å². The van der Waals surface area contributed by atoms with Crippen molar-refractivity contribution in [1.82, 2.24) is 5.32 Å². The zero-order valence-corrected chi connectivity index (χ0v) is 12.3. The molecule has 0 radical (unpaired) electrons. The summed E-state index contributed by atoms with van der Waals surface area (Å²) in [5.74, 6) is 0.155. The number of nitrogens with one attached hydrogen (secondary N) is 1. The fourth-order valence-corrected chi connectivity index (χ4v) is 2.62. The summed E-state index contributed by atoms with van der Waals surface area (Å²) in [7, 11) is 1.38. The van der Waals surface area contributed by atoms with E-state index in [9.17, 15) is 9.18 Å². The van der Waals surface area contributed by atoms with E-state index in [1.54, 1.807) is 18.2 Å². The Balaban J connectivity index is 2.48. The second-order valence-electron chi connectivity index (χ2n) is 4.46. The summed E-state index contributed by atoms with van der Waals surface area (Å²) in [5, 5.41) is 3.15. The number of carbonyl (C=O) groups is 1. The third-order valence-corrected chi connectivity index (χ3v) is 3.60. The maximum absolute atomic E-state index is 13.4. The Hall–Kier alpha value is -1.07. The van der Waals surface area contributed by atoms with Crippen molar-refractivity contribution in [3.05, 3.63) is 30.1 Å². The van der Waals surface area contributed by atoms with Gasteiger partial charge >= 0.3 is 5.97 Å². The first-order valence-electron chi connectivity index (χ1n) is 6.25. The van der Waals surface area contributed by atoms with Crippen molar-refractivity contribution in [3.8, 4) is 0 Å². The molecule has 0 aliphatic heterocycles. The standard InChI is InChI=1S/C14H20FNO2S/c1-10(2)16-12(14(17)18-3)8-9-19-13-7-5-4-6-11(13)15/h4-7,10,12,16H,8-9H2,1-3H3. The molecule has 0 aliphatic rings. The molecule has 0 heterocycles. The summed E-state index contributed by atoms with van der Waals surface area (Å²) >= 11 is 1.41. The highest BCUT2D eigenvalue weighted by Crippen LogP contribution is 2.22. The van der Waals surface area contributed by atoms with Crippen LogP contribution < -0.4 is 5.32 Å². The van der Waals surface area contributed by atoms with Crippen molar-refractivity contribution in [1.29, 1.82) is 0 Å². The van der Waals surface area contributed by atoms with Gasteiger partial charge in [-0.2, -0.15) is 0 Å². The van der Waals surface area contributed by atoms with Gasteiger partial charge in [-0.25, -0.2) is 4.39 Å². The lowest BCUT2D eigenvalue weighted by Gasteiger charge is -2.18. The Morgan fingerprint density at radius 2 is 2.11 bits per heavy atom. The normalized spacial score (nSPS) is 12.5. The smallest absolute Gasteiger partial charge is 0.322 e. The molecule has 1 aromatic carbocycles. The molecule has 0 saturated heterocycles. The molecule has 3 nitrogen and oxygen atoms in total. The number of hydrogen-bond donors (Lipinski definition) is 1. The zero-order valence-electron chi connectivity index (χ0n) is 11.5. The molecular weight excluding hydrogens is 265 g/mol. The summed E-state index contributed by atoms with van der Waals surface area (Å²) in [4.78, 5) is 12.2. The highest BCUT2D eigenvalue weighted by molar-refractivity contribution is 7.99. The molecular formula is C14H20FNO2S. The molecule has 19 heavy (non-hydrogen) atoms. The van der Waals surface area contributed by atoms with Gasteiger partial charge < -0.3 is 10.1 Å². The van der Waals surface area contributed by atoms with E-state index in [2.05, 4.69) is 5.32 Å². The fraction of sp³-hybridized carbons (Fsp3) is 0.500. The average Bonchev–Trinajstić information content (AvgIpc) is 2.38. The van der Waals surface area contributed by atoms with E-state index in [-0.39, 0.29) is 23.9 Å². The van der Waals surface area contributed by atoms with E-state index < -0.39 is 0 Å². The second-order valence-corrected chi connectivity index (χ2v) is 5.60. The molecule has 0 spiro atoms. The van der Waals surface area contributed by atoms with Crippen LogP contribution in [0.4, 0.5) is 4.39 Å². The Morgan fingerprint density at radius 1 is 1.42 bits per heavy atom. The SMILES string of the molecule is COC(=O)C(CCSc1ccccc1F)NC(C)C. The van der Waals surface area contributed by atoms with Gasteiger partial charge in [0.2, 0.25) is 0 Å². The summed E-state index contributed by atoms with van der Waals surface area (Å²) < 4.78 is 18.2. The van der Waals surface area contributed by atoms with Gasteiger partial charge in [0, 0.05) is 16.7 Å². The lowest BCUT2D eigenvalue weighted by Crippen LogP contribution is -2.41. The predicted octanol–water partition coefficient (Wildman–Crippen LogP) is 2.85. The second kappa shape index (κ2) is 8.17. The molecule has 1 atom stereocenters. The highest BCUT2D eigenvalue weighted by Gasteiger charge is 2.19. The molecule has 1 N–H and O–H groups in total. The number of rotatable bonds is 7. The Bertz CT molecular complexity index is 412. The van der Waals surface area contributed by atoms with Crippen molar-refractivity contribution in [3.63, 3.8) is 0 Å². The highest BCUT2D eigenvalue weighted by atomic mass is 32.2. The zero-order chi connectivity index (χ0) is 14.3. The van der Waals surface area contributed by atoms with Crippen molar-refractivity contribution < 1.29 is 13.9 Å². The lowest BCUT2D eigenvalue weighted by atomic mass is 10.2. The van der Waals surface area contributed by atoms with Crippen LogP contribution in [0.5, 0.6) is 0 Å². The molecule has 0 aromatic heterocycles. The summed E-state index contributed by atoms with van der Waals surface area (Å²) in [5.41, 5.74) is 0. The van der Waals surface area contributed by atoms with Gasteiger partial charge in [-0.15, -0.1) is 11.8 Å². The predicted molar refractivity (Wildman–Crippen MR) is 75.8 cm³/mol. The Kier molecular flexibility index (Phi) is 6.87. The van der Waals surface area contributed by atoms with Gasteiger partial charge in [0.05, 0.1) is 7.11 Å². The molecule has 106 valence electrons. The fourth-order valence-electron chi connectivity index (χ4n) is 1.66. The molecule has 0 fully saturated rings. The lowest BCUT2D eigenvalue weighted by molar-refractivity contribution is -0.143. The van der Waals surface area contributed by atoms with Crippen LogP contribution in [0.15, 0.2) is 29.2 Å². The van der Waals surface area contributed by atoms with Crippen molar-refractivity contribution >= 4 is 17.7 Å². The minimum absolute atomic E-state index is 0.197. The summed E-state index contributed by atoms with van der Waals surface area (Å²) in [6, 6.07) is 6.49. The third-order valence-electron chi connectivity index (χ3n) is 2.52. The topological polar surface area (TPSA) is 38.3 Å². The monoisotopic (exact) mass is 285 g/mol. The maximum Gasteiger partial charge on any atom is 0.322 e. The average molecular weight is 285 g/mol. The van der Waals surface area contributed by atoms with E-state index in [1.165, 1.54) is 24.9 Å². The molecule has 1 aromatic rings. The molecule has 1 unspecified atom stereocenters. The van der Waals surface area contributed by atoms with Crippen LogP contribution in [0, 0.1) is 5.82 Å². The minimum atomic E-state index is -0.343. The number of carbonyl (C=O) groups excluding carboxylic acids is 1. The van der Waals surface area contributed by atoms with Gasteiger partial charge in [-0.1, -0.05) is 26.0 Å². The van der Waals surface area contributed by atoms with Crippen molar-refractivity contribution in [2.45, 2.75) is 37.2 Å². The van der Waals surface area contributed by atoms with Gasteiger partial charge in [0.15, 0.2) is 0 Å². The Morgan fingerprint density at radius 3 is 2.68 bits per heavy atom. The molecule has 1 rings (SSSR count). The van der Waals surface area contributed by atoms with E-state index in [1.807, 2.05) is 13.8 Å². The summed E-state index contributed by atoms with van der Waals surface area (Å²) in [6.07, 6.45) is 0.601. The first kappa shape index (κ1) is 16.0. The number of halogens is 1. The quantitative estimate of drug-likeness (QED) is 0.617. The third kappa shape index (κ3) is 5.61. The number of hydrogen-bond acceptors (Lipinski definition) is 4. The number of methoxy groups -OCH3 is 1. The number of thioether (sulfide) groups is 1. The van der Waals surface area contributed by atoms with E-state index >= 15 is 0 Å². The first-order valence-corrected chi connectivity index (χ1v) is 7.24. The number of ether oxygens (including phenoxy) is 1. The molecule has 0 aliphatic carbocycles. The van der Waals surface area contributed by atoms with Crippen LogP contribution in [-0.4, -0.2) is 30.9 Å². The van der Waals surface area contributed by atoms with Crippen LogP contribution >= 0.6 is 11.8 Å². The molecule has 0 bridgehead atoms. The summed E-state index contributed by atoms with van der Waals surface area (Å²) in [6.45, 7) is 3.94. The first-order chi connectivity index (χ1) is 9.04. The van der Waals surface area contributed by atoms with Gasteiger partial charge in [0.25, 0.3) is 0 Å². The van der Waals surface area contributed by atoms with Gasteiger partial charge in [0.1, 0.15) is 11.9 Å². The molecule has 5 heteroatoms.